The van der Waals surface area contributed by atoms with Gasteiger partial charge in [-0.1, -0.05) is 123 Å². The van der Waals surface area contributed by atoms with Crippen LogP contribution in [0.1, 0.15) is 130 Å². The van der Waals surface area contributed by atoms with Crippen LogP contribution in [0.5, 0.6) is 0 Å². The van der Waals surface area contributed by atoms with Crippen molar-refractivity contribution in [3.63, 3.8) is 0 Å². The molecule has 0 radical (unpaired) electrons. The zero-order valence-corrected chi connectivity index (χ0v) is 62.9. The predicted octanol–water partition coefficient (Wildman–Crippen LogP) is -2.01. The smallest absolute Gasteiger partial charge is 0.333 e. The van der Waals surface area contributed by atoms with Crippen LogP contribution in [-0.4, -0.2) is 345 Å². The monoisotopic (exact) mass is 1560 g/mol. The Morgan fingerprint density at radius 1 is 0.346 bits per heavy atom. The minimum atomic E-state index is -1.22. The minimum absolute atomic E-state index is 0.0451. The van der Waals surface area contributed by atoms with E-state index in [0.717, 1.165) is 30.7 Å². The quantitative estimate of drug-likeness (QED) is 0.00781. The summed E-state index contributed by atoms with van der Waals surface area (Å²) in [5, 5.41) is 199. The molecule has 0 aliphatic carbocycles. The molecule has 0 saturated heterocycles. The number of unbranched alkanes of at least 4 members (excludes halogenated alkanes) is 13. The van der Waals surface area contributed by atoms with Crippen molar-refractivity contribution in [3.8, 4) is 0 Å². The van der Waals surface area contributed by atoms with Gasteiger partial charge in [0.05, 0.1) is 85.5 Å². The largest absolute Gasteiger partial charge is 0.499 e. The van der Waals surface area contributed by atoms with Crippen molar-refractivity contribution >= 4 is 35.8 Å². The molecule has 36 heteroatoms. The topological polar surface area (TPSA) is 643 Å². The van der Waals surface area contributed by atoms with Crippen LogP contribution in [0.4, 0.5) is 0 Å². The third kappa shape index (κ3) is 116. The first kappa shape index (κ1) is 124. The van der Waals surface area contributed by atoms with Crippen LogP contribution in [0.15, 0.2) is 99.9 Å². The molecule has 0 bridgehead atoms. The number of esters is 4. The Kier molecular flexibility index (Phi) is 121. The molecule has 0 aromatic carbocycles. The fourth-order valence-electron chi connectivity index (χ4n) is 5.45. The van der Waals surface area contributed by atoms with E-state index in [1.54, 1.807) is 13.8 Å². The van der Waals surface area contributed by atoms with Crippen LogP contribution in [-0.2, 0) is 57.2 Å². The third-order valence-electron chi connectivity index (χ3n) is 11.6. The first-order valence-corrected chi connectivity index (χ1v) is 34.1. The molecular weight excluding hydrogens is 1430 g/mol. The van der Waals surface area contributed by atoms with Crippen LogP contribution in [0.3, 0.4) is 0 Å². The van der Waals surface area contributed by atoms with E-state index in [4.69, 9.17) is 132 Å². The molecular formula is C71H136O36. The van der Waals surface area contributed by atoms with Gasteiger partial charge in [0.15, 0.2) is 6.10 Å². The summed E-state index contributed by atoms with van der Waals surface area (Å²) in [6.45, 7) is 24.4. The Morgan fingerprint density at radius 2 is 0.645 bits per heavy atom. The van der Waals surface area contributed by atoms with Crippen molar-refractivity contribution < 1.29 is 180 Å². The number of aliphatic carboxylic acids is 2. The Morgan fingerprint density at radius 3 is 0.916 bits per heavy atom. The number of hydrogen-bond acceptors (Lipinski definition) is 34. The highest BCUT2D eigenvalue weighted by Crippen LogP contribution is 2.11. The maximum absolute atomic E-state index is 11.1. The van der Waals surface area contributed by atoms with Crippen molar-refractivity contribution in [2.75, 3.05) is 126 Å². The summed E-state index contributed by atoms with van der Waals surface area (Å²) in [7, 11) is 0. The highest BCUT2D eigenvalue weighted by atomic mass is 16.6. The van der Waals surface area contributed by atoms with Gasteiger partial charge in [-0.05, 0) is 58.8 Å². The van der Waals surface area contributed by atoms with Crippen LogP contribution in [0.2, 0.25) is 0 Å². The number of carbonyl (C=O) groups is 6. The highest BCUT2D eigenvalue weighted by Gasteiger charge is 2.25. The fourth-order valence-corrected chi connectivity index (χ4v) is 5.45. The molecule has 10 atom stereocenters. The molecule has 24 N–H and O–H groups in total. The zero-order chi connectivity index (χ0) is 85.0. The average Bonchev–Trinajstić information content (AvgIpc) is 0.917. The van der Waals surface area contributed by atoms with Gasteiger partial charge >= 0.3 is 35.8 Å². The summed E-state index contributed by atoms with van der Waals surface area (Å²) in [6, 6.07) is 0. The van der Waals surface area contributed by atoms with E-state index in [1.807, 2.05) is 0 Å². The summed E-state index contributed by atoms with van der Waals surface area (Å²) in [5.74, 6) is -3.95. The van der Waals surface area contributed by atoms with E-state index < -0.39 is 150 Å². The number of rotatable bonds is 51. The number of allylic oxidation sites excluding steroid dienone is 2. The van der Waals surface area contributed by atoms with Crippen LogP contribution in [0, 0.1) is 0 Å². The van der Waals surface area contributed by atoms with Crippen molar-refractivity contribution in [2.45, 2.75) is 191 Å². The first-order chi connectivity index (χ1) is 50.7. The molecule has 0 aromatic rings. The fraction of sp³-hybridized carbons (Fsp3) is 0.690. The van der Waals surface area contributed by atoms with Gasteiger partial charge in [0.1, 0.15) is 74.8 Å². The number of carboxylic acids is 2. The molecule has 0 aromatic heterocycles. The lowest BCUT2D eigenvalue weighted by molar-refractivity contribution is -0.158. The first-order valence-electron chi connectivity index (χ1n) is 34.1. The molecule has 0 aliphatic rings. The van der Waals surface area contributed by atoms with Gasteiger partial charge in [0.2, 0.25) is 0 Å². The number of aliphatic hydroxyl groups is 22. The van der Waals surface area contributed by atoms with Gasteiger partial charge in [-0.25, -0.2) is 28.8 Å². The van der Waals surface area contributed by atoms with E-state index in [1.165, 1.54) is 89.7 Å². The molecule has 0 fully saturated rings. The molecule has 107 heavy (non-hydrogen) atoms. The van der Waals surface area contributed by atoms with Gasteiger partial charge in [-0.15, -0.1) is 0 Å². The van der Waals surface area contributed by atoms with E-state index >= 15 is 0 Å². The lowest BCUT2D eigenvalue weighted by Gasteiger charge is -2.25. The van der Waals surface area contributed by atoms with Gasteiger partial charge in [0, 0.05) is 68.3 Å². The second kappa shape index (κ2) is 104. The average molecular weight is 1570 g/mol. The minimum Gasteiger partial charge on any atom is -0.499 e. The molecule has 0 aliphatic heterocycles. The summed E-state index contributed by atoms with van der Waals surface area (Å²) in [4.78, 5) is 60.8. The number of carbonyl (C=O) groups excluding carboxylic acids is 4. The molecule has 0 amide bonds. The summed E-state index contributed by atoms with van der Waals surface area (Å²) in [5.41, 5.74) is 0.737. The zero-order valence-electron chi connectivity index (χ0n) is 62.9. The van der Waals surface area contributed by atoms with Crippen LogP contribution >= 0.6 is 0 Å². The molecule has 0 rings (SSSR count). The van der Waals surface area contributed by atoms with Gasteiger partial charge in [-0.2, -0.15) is 0 Å². The summed E-state index contributed by atoms with van der Waals surface area (Å²) >= 11 is 0. The Hall–Kier alpha value is -6.38. The molecule has 0 spiro atoms. The SMILES string of the molecule is C=C(C)C(=O)OCCCO.C=C(C)C(=O)OCCO.C=CC(=O)O.C=CC(=O)O.C=CC(=O)OCCO.C=COC[C@@H](OCCCCO)[C@H](CO)OC(=O)C=C.CCCCCCCCC=CCCCCCCCCO.OC[C@@H](O)[C@@H](O)CO.OC[C@@H](O)[C@@H](O)CO.OC[C@@H](O)[C@@H](O)CO.OC[C@@H](O)[C@@H](O)CO. The summed E-state index contributed by atoms with van der Waals surface area (Å²) in [6.07, 6.45) is 18.7. The second-order valence-electron chi connectivity index (χ2n) is 21.2. The van der Waals surface area contributed by atoms with Crippen molar-refractivity contribution in [1.82, 2.24) is 0 Å². The standard InChI is InChI=1S/C18H36O.C13H22O6.C7H12O3.C6H10O3.C5H8O3.4C4H10O4.2C3H4O2/c1-2-3-4-5-6-7-8-9-10-11-12-13-14-15-16-17-18-19;1-3-13(16)19-11(9-15)12(10-17-4-2)18-8-6-5-7-14;1-6(2)7(9)10-5-3-4-8;1-5(2)6(8)9-4-3-7;1-2-5(7)8-4-3-6;4*5-1-3(7)4(8)2-6;2*1-2-3(4)5/h9-10,19H,2-8,11-18H2,1H3;3-4,11-12,14-15H,1-2,5-10H2;8H,1,3-5H2,2H3;7H,1,3-4H2,2H3;2,6H,1,3-4H2;4*3-8H,1-2H2;2*2H,1H2,(H,4,5)/t;11-,12+;;;;4*3-,4+;;/m.0........./s1. The van der Waals surface area contributed by atoms with E-state index in [2.05, 4.69) is 79.3 Å². The van der Waals surface area contributed by atoms with Gasteiger partial charge in [0.25, 0.3) is 0 Å². The van der Waals surface area contributed by atoms with Crippen molar-refractivity contribution in [3.05, 3.63) is 99.9 Å². The molecule has 636 valence electrons. The van der Waals surface area contributed by atoms with E-state index in [9.17, 15) is 33.9 Å². The van der Waals surface area contributed by atoms with Crippen molar-refractivity contribution in [1.29, 1.82) is 0 Å². The Balaban J connectivity index is -0.000000108. The van der Waals surface area contributed by atoms with Crippen LogP contribution < -0.4 is 0 Å². The normalized spacial score (nSPS) is 12.6. The molecule has 0 saturated carbocycles. The number of hydrogen-bond donors (Lipinski definition) is 24. The molecule has 0 heterocycles. The highest BCUT2D eigenvalue weighted by molar-refractivity contribution is 5.87. The number of ether oxygens (including phenoxy) is 6. The lowest BCUT2D eigenvalue weighted by Crippen LogP contribution is -2.39. The van der Waals surface area contributed by atoms with E-state index in [-0.39, 0.29) is 59.5 Å². The maximum atomic E-state index is 11.1. The Bertz CT molecular complexity index is 1930. The van der Waals surface area contributed by atoms with Crippen molar-refractivity contribution in [2.24, 2.45) is 0 Å². The number of aliphatic hydroxyl groups excluding tert-OH is 22. The molecule has 36 nitrogen and oxygen atoms in total. The number of carboxylic acid groups (broad SMARTS) is 2. The van der Waals surface area contributed by atoms with Gasteiger partial charge in [-0.3, -0.25) is 0 Å². The summed E-state index contributed by atoms with van der Waals surface area (Å²) < 4.78 is 28.9. The Labute approximate surface area is 630 Å². The van der Waals surface area contributed by atoms with Gasteiger partial charge < -0.3 is 151 Å². The lowest BCUT2D eigenvalue weighted by atomic mass is 10.1. The van der Waals surface area contributed by atoms with Crippen LogP contribution in [0.25, 0.3) is 0 Å². The second-order valence-corrected chi connectivity index (χ2v) is 21.2. The van der Waals surface area contributed by atoms with E-state index in [0.29, 0.717) is 43.6 Å². The predicted molar refractivity (Wildman–Crippen MR) is 395 cm³/mol. The third-order valence-corrected chi connectivity index (χ3v) is 11.6. The molecule has 0 unspecified atom stereocenters. The maximum Gasteiger partial charge on any atom is 0.333 e.